The second-order valence-electron chi connectivity index (χ2n) is 5.04. The molecule has 1 aliphatic carbocycles. The van der Waals surface area contributed by atoms with Crippen LogP contribution in [-0.2, 0) is 4.74 Å². The molecule has 1 rings (SSSR count). The van der Waals surface area contributed by atoms with Crippen molar-refractivity contribution >= 4 is 0 Å². The maximum atomic E-state index is 5.23. The Hall–Kier alpha value is -0.0800. The second kappa shape index (κ2) is 7.24. The molecule has 0 aromatic heterocycles. The van der Waals surface area contributed by atoms with E-state index in [1.807, 2.05) is 0 Å². The van der Waals surface area contributed by atoms with Crippen molar-refractivity contribution in [2.45, 2.75) is 64.5 Å². The minimum Gasteiger partial charge on any atom is -0.383 e. The zero-order valence-electron chi connectivity index (χ0n) is 10.6. The Kier molecular flexibility index (Phi) is 6.26. The molecule has 90 valence electrons. The topological polar surface area (TPSA) is 21.3 Å². The fourth-order valence-corrected chi connectivity index (χ4v) is 2.47. The third-order valence-corrected chi connectivity index (χ3v) is 3.59. The normalized spacial score (nSPS) is 29.8. The smallest absolute Gasteiger partial charge is 0.0615 e. The van der Waals surface area contributed by atoms with E-state index >= 15 is 0 Å². The van der Waals surface area contributed by atoms with Crippen LogP contribution in [0.5, 0.6) is 0 Å². The second-order valence-corrected chi connectivity index (χ2v) is 5.04. The first-order chi connectivity index (χ1) is 7.26. The van der Waals surface area contributed by atoms with E-state index in [1.54, 1.807) is 7.11 Å². The van der Waals surface area contributed by atoms with Gasteiger partial charge in [0.2, 0.25) is 0 Å². The lowest BCUT2D eigenvalue weighted by Crippen LogP contribution is -2.40. The fraction of sp³-hybridized carbons (Fsp3) is 1.00. The summed E-state index contributed by atoms with van der Waals surface area (Å²) in [6.45, 7) is 5.47. The molecule has 15 heavy (non-hydrogen) atoms. The Morgan fingerprint density at radius 2 is 2.07 bits per heavy atom. The molecule has 0 aromatic rings. The quantitative estimate of drug-likeness (QED) is 0.709. The summed E-state index contributed by atoms with van der Waals surface area (Å²) in [6, 6.07) is 1.28. The third-order valence-electron chi connectivity index (χ3n) is 3.59. The van der Waals surface area contributed by atoms with Gasteiger partial charge in [0.1, 0.15) is 0 Å². The van der Waals surface area contributed by atoms with Crippen LogP contribution in [0.1, 0.15) is 52.4 Å². The van der Waals surface area contributed by atoms with Crippen LogP contribution in [-0.4, -0.2) is 25.8 Å². The average Bonchev–Trinajstić information content (AvgIpc) is 2.43. The first-order valence-corrected chi connectivity index (χ1v) is 6.51. The van der Waals surface area contributed by atoms with Gasteiger partial charge in [0, 0.05) is 19.2 Å². The Morgan fingerprint density at radius 1 is 1.27 bits per heavy atom. The predicted molar refractivity (Wildman–Crippen MR) is 65.1 cm³/mol. The van der Waals surface area contributed by atoms with Gasteiger partial charge < -0.3 is 10.1 Å². The van der Waals surface area contributed by atoms with E-state index in [1.165, 1.54) is 38.5 Å². The lowest BCUT2D eigenvalue weighted by molar-refractivity contribution is 0.156. The maximum absolute atomic E-state index is 5.23. The Bertz CT molecular complexity index is 161. The van der Waals surface area contributed by atoms with Crippen LogP contribution in [0, 0.1) is 5.92 Å². The van der Waals surface area contributed by atoms with Gasteiger partial charge in [-0.2, -0.15) is 0 Å². The van der Waals surface area contributed by atoms with Gasteiger partial charge in [0.05, 0.1) is 6.61 Å². The zero-order valence-corrected chi connectivity index (χ0v) is 10.6. The molecule has 0 heterocycles. The summed E-state index contributed by atoms with van der Waals surface area (Å²) in [5, 5.41) is 3.74. The van der Waals surface area contributed by atoms with Gasteiger partial charge in [-0.05, 0) is 31.6 Å². The van der Waals surface area contributed by atoms with Gasteiger partial charge in [0.25, 0.3) is 0 Å². The third kappa shape index (κ3) is 4.98. The summed E-state index contributed by atoms with van der Waals surface area (Å²) in [6.07, 6.45) is 8.06. The van der Waals surface area contributed by atoms with Crippen LogP contribution in [0.25, 0.3) is 0 Å². The van der Waals surface area contributed by atoms with Crippen molar-refractivity contribution in [1.29, 1.82) is 0 Å². The van der Waals surface area contributed by atoms with Crippen molar-refractivity contribution in [3.63, 3.8) is 0 Å². The van der Waals surface area contributed by atoms with Crippen molar-refractivity contribution in [1.82, 2.24) is 5.32 Å². The number of hydrogen-bond acceptors (Lipinski definition) is 2. The SMILES string of the molecule is CCC(COC)NC1CCCC(C)CC1. The minimum atomic E-state index is 0.549. The van der Waals surface area contributed by atoms with Gasteiger partial charge >= 0.3 is 0 Å². The van der Waals surface area contributed by atoms with E-state index in [0.29, 0.717) is 6.04 Å². The molecule has 1 aliphatic rings. The van der Waals surface area contributed by atoms with Gasteiger partial charge in [-0.25, -0.2) is 0 Å². The van der Waals surface area contributed by atoms with Crippen molar-refractivity contribution in [2.75, 3.05) is 13.7 Å². The Labute approximate surface area is 94.8 Å². The van der Waals surface area contributed by atoms with Gasteiger partial charge in [-0.1, -0.05) is 26.7 Å². The summed E-state index contributed by atoms with van der Waals surface area (Å²) in [5.74, 6) is 0.930. The van der Waals surface area contributed by atoms with Crippen LogP contribution in [0.4, 0.5) is 0 Å². The fourth-order valence-electron chi connectivity index (χ4n) is 2.47. The van der Waals surface area contributed by atoms with Crippen LogP contribution in [0.3, 0.4) is 0 Å². The van der Waals surface area contributed by atoms with E-state index in [2.05, 4.69) is 19.2 Å². The highest BCUT2D eigenvalue weighted by Crippen LogP contribution is 2.22. The number of methoxy groups -OCH3 is 1. The molecule has 1 N–H and O–H groups in total. The van der Waals surface area contributed by atoms with Crippen molar-refractivity contribution in [3.05, 3.63) is 0 Å². The van der Waals surface area contributed by atoms with E-state index < -0.39 is 0 Å². The number of hydrogen-bond donors (Lipinski definition) is 1. The van der Waals surface area contributed by atoms with Crippen molar-refractivity contribution in [2.24, 2.45) is 5.92 Å². The molecule has 3 atom stereocenters. The molecule has 0 aliphatic heterocycles. The molecule has 0 amide bonds. The number of nitrogens with one attached hydrogen (secondary N) is 1. The number of ether oxygens (including phenoxy) is 1. The molecule has 1 saturated carbocycles. The predicted octanol–water partition coefficient (Wildman–Crippen LogP) is 2.97. The monoisotopic (exact) mass is 213 g/mol. The standard InChI is InChI=1S/C13H27NO/c1-4-12(10-15-3)14-13-7-5-6-11(2)8-9-13/h11-14H,4-10H2,1-3H3. The van der Waals surface area contributed by atoms with E-state index in [4.69, 9.17) is 4.74 Å². The lowest BCUT2D eigenvalue weighted by Gasteiger charge is -2.23. The van der Waals surface area contributed by atoms with Crippen molar-refractivity contribution in [3.8, 4) is 0 Å². The maximum Gasteiger partial charge on any atom is 0.0615 e. The molecule has 3 unspecified atom stereocenters. The molecule has 2 nitrogen and oxygen atoms in total. The highest BCUT2D eigenvalue weighted by atomic mass is 16.5. The highest BCUT2D eigenvalue weighted by molar-refractivity contribution is 4.77. The summed E-state index contributed by atoms with van der Waals surface area (Å²) in [7, 11) is 1.79. The first kappa shape index (κ1) is 13.0. The van der Waals surface area contributed by atoms with Crippen LogP contribution < -0.4 is 5.32 Å². The molecular weight excluding hydrogens is 186 g/mol. The van der Waals surface area contributed by atoms with Gasteiger partial charge in [-0.15, -0.1) is 0 Å². The zero-order chi connectivity index (χ0) is 11.1. The van der Waals surface area contributed by atoms with E-state index in [0.717, 1.165) is 18.6 Å². The number of rotatable bonds is 5. The van der Waals surface area contributed by atoms with E-state index in [-0.39, 0.29) is 0 Å². The molecule has 0 radical (unpaired) electrons. The van der Waals surface area contributed by atoms with E-state index in [9.17, 15) is 0 Å². The molecule has 0 bridgehead atoms. The first-order valence-electron chi connectivity index (χ1n) is 6.51. The highest BCUT2D eigenvalue weighted by Gasteiger charge is 2.18. The molecule has 0 spiro atoms. The largest absolute Gasteiger partial charge is 0.383 e. The summed E-state index contributed by atoms with van der Waals surface area (Å²) in [4.78, 5) is 0. The van der Waals surface area contributed by atoms with Crippen molar-refractivity contribution < 1.29 is 4.74 Å². The Balaban J connectivity index is 2.29. The molecule has 2 heteroatoms. The molecule has 0 aromatic carbocycles. The minimum absolute atomic E-state index is 0.549. The molecule has 0 saturated heterocycles. The van der Waals surface area contributed by atoms with Gasteiger partial charge in [0.15, 0.2) is 0 Å². The van der Waals surface area contributed by atoms with Crippen LogP contribution >= 0.6 is 0 Å². The molecular formula is C13H27NO. The summed E-state index contributed by atoms with van der Waals surface area (Å²) >= 11 is 0. The lowest BCUT2D eigenvalue weighted by atomic mass is 10.0. The van der Waals surface area contributed by atoms with Gasteiger partial charge in [-0.3, -0.25) is 0 Å². The van der Waals surface area contributed by atoms with Crippen LogP contribution in [0.15, 0.2) is 0 Å². The van der Waals surface area contributed by atoms with Crippen LogP contribution in [0.2, 0.25) is 0 Å². The Morgan fingerprint density at radius 3 is 2.73 bits per heavy atom. The summed E-state index contributed by atoms with van der Waals surface area (Å²) < 4.78 is 5.23. The summed E-state index contributed by atoms with van der Waals surface area (Å²) in [5.41, 5.74) is 0. The molecule has 1 fully saturated rings. The average molecular weight is 213 g/mol.